The largest absolute Gasteiger partial charge is 0.348 e. The summed E-state index contributed by atoms with van der Waals surface area (Å²) < 4.78 is 1.53. The van der Waals surface area contributed by atoms with E-state index in [1.54, 1.807) is 24.4 Å². The van der Waals surface area contributed by atoms with Gasteiger partial charge in [-0.05, 0) is 43.5 Å². The topological polar surface area (TPSA) is 116 Å². The number of rotatable bonds is 5. The van der Waals surface area contributed by atoms with E-state index in [0.717, 1.165) is 25.7 Å². The van der Waals surface area contributed by atoms with Crippen LogP contribution in [0, 0.1) is 16.0 Å². The minimum Gasteiger partial charge on any atom is -0.348 e. The second kappa shape index (κ2) is 8.77. The first-order valence-corrected chi connectivity index (χ1v) is 8.40. The van der Waals surface area contributed by atoms with E-state index in [9.17, 15) is 14.9 Å². The van der Waals surface area contributed by atoms with Crippen molar-refractivity contribution >= 4 is 24.0 Å². The first-order valence-electron chi connectivity index (χ1n) is 8.40. The lowest BCUT2D eigenvalue weighted by Crippen LogP contribution is -2.44. The van der Waals surface area contributed by atoms with Crippen molar-refractivity contribution in [1.29, 1.82) is 0 Å². The van der Waals surface area contributed by atoms with E-state index in [2.05, 4.69) is 10.4 Å². The van der Waals surface area contributed by atoms with Crippen molar-refractivity contribution < 1.29 is 9.72 Å². The van der Waals surface area contributed by atoms with Crippen LogP contribution in [0.3, 0.4) is 0 Å². The second-order valence-corrected chi connectivity index (χ2v) is 6.28. The van der Waals surface area contributed by atoms with Gasteiger partial charge in [-0.3, -0.25) is 14.9 Å². The zero-order chi connectivity index (χ0) is 17.8. The van der Waals surface area contributed by atoms with Crippen LogP contribution in [0.4, 0.5) is 5.69 Å². The van der Waals surface area contributed by atoms with E-state index < -0.39 is 4.92 Å². The summed E-state index contributed by atoms with van der Waals surface area (Å²) in [5, 5.41) is 18.0. The monoisotopic (exact) mass is 379 g/mol. The summed E-state index contributed by atoms with van der Waals surface area (Å²) in [7, 11) is 0. The molecule has 1 aromatic carbocycles. The van der Waals surface area contributed by atoms with Gasteiger partial charge in [-0.2, -0.15) is 5.10 Å². The number of benzene rings is 1. The number of non-ortho nitro benzene ring substituents is 1. The molecule has 1 heterocycles. The smallest absolute Gasteiger partial charge is 0.272 e. The Morgan fingerprint density at radius 3 is 2.62 bits per heavy atom. The third kappa shape index (κ3) is 4.39. The predicted molar refractivity (Wildman–Crippen MR) is 99.7 cm³/mol. The highest BCUT2D eigenvalue weighted by Gasteiger charge is 2.26. The van der Waals surface area contributed by atoms with Gasteiger partial charge in [-0.15, -0.1) is 12.4 Å². The third-order valence-electron chi connectivity index (χ3n) is 4.68. The number of carbonyl (C=O) groups excluding carboxylic acids is 1. The highest BCUT2D eigenvalue weighted by Crippen LogP contribution is 2.23. The maximum absolute atomic E-state index is 12.4. The van der Waals surface area contributed by atoms with Gasteiger partial charge in [0.2, 0.25) is 0 Å². The second-order valence-electron chi connectivity index (χ2n) is 6.28. The van der Waals surface area contributed by atoms with E-state index in [1.807, 2.05) is 0 Å². The number of nitro benzene ring substituents is 1. The van der Waals surface area contributed by atoms with Gasteiger partial charge < -0.3 is 11.1 Å². The molecule has 1 aromatic heterocycles. The van der Waals surface area contributed by atoms with Gasteiger partial charge in [0.05, 0.1) is 10.6 Å². The summed E-state index contributed by atoms with van der Waals surface area (Å²) in [6.45, 7) is 0.572. The Balaban J connectivity index is 0.00000243. The molecule has 0 radical (unpaired) electrons. The van der Waals surface area contributed by atoms with Crippen LogP contribution in [0.5, 0.6) is 0 Å². The fraction of sp³-hybridized carbons (Fsp3) is 0.412. The Morgan fingerprint density at radius 1 is 1.27 bits per heavy atom. The number of halogens is 1. The lowest BCUT2D eigenvalue weighted by Gasteiger charge is -2.31. The minimum absolute atomic E-state index is 0. The number of nitrogens with two attached hydrogens (primary N) is 1. The summed E-state index contributed by atoms with van der Waals surface area (Å²) >= 11 is 0. The van der Waals surface area contributed by atoms with Crippen LogP contribution < -0.4 is 11.1 Å². The number of nitro groups is 1. The van der Waals surface area contributed by atoms with Crippen LogP contribution >= 0.6 is 12.4 Å². The molecule has 1 fully saturated rings. The molecule has 8 nitrogen and oxygen atoms in total. The van der Waals surface area contributed by atoms with Gasteiger partial charge in [0.25, 0.3) is 11.6 Å². The zero-order valence-electron chi connectivity index (χ0n) is 14.2. The summed E-state index contributed by atoms with van der Waals surface area (Å²) in [6.07, 6.45) is 5.90. The molecule has 0 spiro atoms. The van der Waals surface area contributed by atoms with Crippen molar-refractivity contribution in [1.82, 2.24) is 15.1 Å². The highest BCUT2D eigenvalue weighted by atomic mass is 35.5. The normalized spacial score (nSPS) is 19.4. The predicted octanol–water partition coefficient (Wildman–Crippen LogP) is 2.45. The van der Waals surface area contributed by atoms with Crippen molar-refractivity contribution in [2.45, 2.75) is 31.7 Å². The number of hydrogen-bond acceptors (Lipinski definition) is 5. The molecule has 1 aliphatic carbocycles. The van der Waals surface area contributed by atoms with Crippen molar-refractivity contribution in [2.24, 2.45) is 11.7 Å². The Hall–Kier alpha value is -2.45. The van der Waals surface area contributed by atoms with E-state index in [0.29, 0.717) is 23.8 Å². The zero-order valence-corrected chi connectivity index (χ0v) is 15.0. The van der Waals surface area contributed by atoms with Gasteiger partial charge in [0, 0.05) is 24.4 Å². The van der Waals surface area contributed by atoms with E-state index in [4.69, 9.17) is 5.73 Å². The number of aromatic nitrogens is 2. The first-order chi connectivity index (χ1) is 12.1. The minimum atomic E-state index is -0.455. The summed E-state index contributed by atoms with van der Waals surface area (Å²) in [6, 6.07) is 7.74. The van der Waals surface area contributed by atoms with Gasteiger partial charge in [0.1, 0.15) is 0 Å². The van der Waals surface area contributed by atoms with Crippen molar-refractivity contribution in [2.75, 3.05) is 6.54 Å². The van der Waals surface area contributed by atoms with Crippen LogP contribution in [0.25, 0.3) is 5.69 Å². The van der Waals surface area contributed by atoms with Crippen molar-refractivity contribution in [3.05, 3.63) is 52.3 Å². The van der Waals surface area contributed by atoms with Crippen LogP contribution in [-0.4, -0.2) is 33.2 Å². The van der Waals surface area contributed by atoms with Gasteiger partial charge in [-0.25, -0.2) is 4.68 Å². The molecule has 9 heteroatoms. The summed E-state index contributed by atoms with van der Waals surface area (Å²) in [4.78, 5) is 22.7. The van der Waals surface area contributed by atoms with Crippen LogP contribution in [0.2, 0.25) is 0 Å². The van der Waals surface area contributed by atoms with E-state index in [-0.39, 0.29) is 30.0 Å². The van der Waals surface area contributed by atoms with Crippen LogP contribution in [-0.2, 0) is 0 Å². The Labute approximate surface area is 157 Å². The molecule has 2 unspecified atom stereocenters. The maximum Gasteiger partial charge on any atom is 0.272 e. The lowest BCUT2D eigenvalue weighted by atomic mass is 9.84. The third-order valence-corrected chi connectivity index (χ3v) is 4.68. The SMILES string of the molecule is Cl.NCC1CCCCC1NC(=O)c1ccn(-c2ccc([N+](=O)[O-])cc2)n1. The van der Waals surface area contributed by atoms with Gasteiger partial charge in [-0.1, -0.05) is 12.8 Å². The molecule has 2 atom stereocenters. The van der Waals surface area contributed by atoms with Crippen LogP contribution in [0.15, 0.2) is 36.5 Å². The lowest BCUT2D eigenvalue weighted by molar-refractivity contribution is -0.384. The van der Waals surface area contributed by atoms with Crippen LogP contribution in [0.1, 0.15) is 36.2 Å². The van der Waals surface area contributed by atoms with E-state index >= 15 is 0 Å². The standard InChI is InChI=1S/C17H21N5O3.ClH/c18-11-12-3-1-2-4-15(12)19-17(23)16-9-10-21(20-16)13-5-7-14(8-6-13)22(24)25;/h5-10,12,15H,1-4,11,18H2,(H,19,23);1H. The molecular formula is C17H22ClN5O3. The number of amides is 1. The van der Waals surface area contributed by atoms with E-state index in [1.165, 1.54) is 16.8 Å². The average Bonchev–Trinajstić information content (AvgIpc) is 3.12. The summed E-state index contributed by atoms with van der Waals surface area (Å²) in [5.41, 5.74) is 6.79. The Kier molecular flexibility index (Phi) is 6.70. The molecule has 1 aliphatic rings. The number of carbonyl (C=O) groups is 1. The molecular weight excluding hydrogens is 358 g/mol. The molecule has 3 rings (SSSR count). The van der Waals surface area contributed by atoms with Crippen molar-refractivity contribution in [3.63, 3.8) is 0 Å². The highest BCUT2D eigenvalue weighted by molar-refractivity contribution is 5.92. The van der Waals surface area contributed by atoms with Gasteiger partial charge >= 0.3 is 0 Å². The number of nitrogens with one attached hydrogen (secondary N) is 1. The molecule has 26 heavy (non-hydrogen) atoms. The average molecular weight is 380 g/mol. The number of hydrogen-bond donors (Lipinski definition) is 2. The fourth-order valence-electron chi connectivity index (χ4n) is 3.24. The Morgan fingerprint density at radius 2 is 1.96 bits per heavy atom. The van der Waals surface area contributed by atoms with Gasteiger partial charge in [0.15, 0.2) is 5.69 Å². The quantitative estimate of drug-likeness (QED) is 0.611. The molecule has 1 amide bonds. The number of nitrogens with zero attached hydrogens (tertiary/aromatic N) is 3. The molecule has 1 saturated carbocycles. The Bertz CT molecular complexity index is 762. The summed E-state index contributed by atoms with van der Waals surface area (Å²) in [5.74, 6) is 0.0977. The maximum atomic E-state index is 12.4. The molecule has 140 valence electrons. The molecule has 0 aliphatic heterocycles. The first kappa shape index (κ1) is 19.9. The fourth-order valence-corrected chi connectivity index (χ4v) is 3.24. The van der Waals surface area contributed by atoms with Crippen molar-refractivity contribution in [3.8, 4) is 5.69 Å². The molecule has 2 aromatic rings. The molecule has 0 bridgehead atoms. The molecule has 0 saturated heterocycles. The molecule has 3 N–H and O–H groups in total.